The summed E-state index contributed by atoms with van der Waals surface area (Å²) < 4.78 is 5.10. The second kappa shape index (κ2) is 4.97. The van der Waals surface area contributed by atoms with Gasteiger partial charge in [-0.25, -0.2) is 0 Å². The summed E-state index contributed by atoms with van der Waals surface area (Å²) in [6.07, 6.45) is 3.04. The predicted octanol–water partition coefficient (Wildman–Crippen LogP) is 3.25. The minimum Gasteiger partial charge on any atom is -0.465 e. The number of hydrogen-bond donors (Lipinski definition) is 0. The minimum atomic E-state index is -0.495. The molecule has 1 heterocycles. The van der Waals surface area contributed by atoms with Crippen molar-refractivity contribution in [3.63, 3.8) is 0 Å². The van der Waals surface area contributed by atoms with Crippen molar-refractivity contribution in [2.24, 2.45) is 0 Å². The van der Waals surface area contributed by atoms with Gasteiger partial charge in [0, 0.05) is 12.1 Å². The molecule has 0 saturated carbocycles. The van der Waals surface area contributed by atoms with Crippen LogP contribution in [0.4, 0.5) is 5.69 Å². The monoisotopic (exact) mass is 240 g/mol. The fourth-order valence-electron chi connectivity index (χ4n) is 1.48. The number of benzene rings is 1. The van der Waals surface area contributed by atoms with Gasteiger partial charge in [-0.15, -0.1) is 0 Å². The zero-order chi connectivity index (χ0) is 13.0. The van der Waals surface area contributed by atoms with Crippen LogP contribution in [0.15, 0.2) is 47.1 Å². The molecule has 88 valence electrons. The van der Waals surface area contributed by atoms with Crippen LogP contribution in [0.2, 0.25) is 0 Å². The number of hydrogen-bond acceptors (Lipinski definition) is 4. The van der Waals surface area contributed by atoms with E-state index in [1.54, 1.807) is 30.3 Å². The number of nitrogens with zero attached hydrogens (tertiary/aromatic N) is 2. The first kappa shape index (κ1) is 11.6. The van der Waals surface area contributed by atoms with Crippen molar-refractivity contribution in [3.8, 4) is 6.07 Å². The Balaban J connectivity index is 2.43. The number of nitriles is 1. The predicted molar refractivity (Wildman–Crippen MR) is 65.3 cm³/mol. The van der Waals surface area contributed by atoms with Crippen LogP contribution in [-0.4, -0.2) is 4.92 Å². The molecular weight excluding hydrogens is 232 g/mol. The van der Waals surface area contributed by atoms with Crippen molar-refractivity contribution in [2.45, 2.75) is 0 Å². The maximum Gasteiger partial charge on any atom is 0.270 e. The van der Waals surface area contributed by atoms with Gasteiger partial charge in [0.1, 0.15) is 5.76 Å². The molecule has 0 aliphatic carbocycles. The van der Waals surface area contributed by atoms with Gasteiger partial charge >= 0.3 is 0 Å². The molecule has 1 aromatic heterocycles. The summed E-state index contributed by atoms with van der Waals surface area (Å²) in [5.74, 6) is 0.526. The molecule has 1 aromatic carbocycles. The molecule has 5 heteroatoms. The number of furan rings is 1. The quantitative estimate of drug-likeness (QED) is 0.468. The van der Waals surface area contributed by atoms with Crippen molar-refractivity contribution in [1.82, 2.24) is 0 Å². The Morgan fingerprint density at radius 2 is 2.22 bits per heavy atom. The van der Waals surface area contributed by atoms with Crippen LogP contribution in [-0.2, 0) is 0 Å². The number of non-ortho nitro benzene ring substituents is 1. The van der Waals surface area contributed by atoms with Gasteiger partial charge in [-0.05, 0) is 23.8 Å². The molecule has 0 aliphatic heterocycles. The average molecular weight is 240 g/mol. The summed E-state index contributed by atoms with van der Waals surface area (Å²) in [6, 6.07) is 11.3. The summed E-state index contributed by atoms with van der Waals surface area (Å²) in [4.78, 5) is 10.2. The highest BCUT2D eigenvalue weighted by molar-refractivity contribution is 5.89. The second-order valence-electron chi connectivity index (χ2n) is 3.49. The topological polar surface area (TPSA) is 80.1 Å². The molecule has 0 saturated heterocycles. The maximum absolute atomic E-state index is 10.7. The molecule has 0 aliphatic rings. The number of rotatable bonds is 3. The molecule has 18 heavy (non-hydrogen) atoms. The highest BCUT2D eigenvalue weighted by atomic mass is 16.6. The fraction of sp³-hybridized carbons (Fsp3) is 0. The van der Waals surface area contributed by atoms with Crippen LogP contribution in [0, 0.1) is 21.4 Å². The van der Waals surface area contributed by atoms with E-state index in [0.29, 0.717) is 16.9 Å². The zero-order valence-corrected chi connectivity index (χ0v) is 9.24. The van der Waals surface area contributed by atoms with Crippen LogP contribution in [0.25, 0.3) is 11.6 Å². The normalized spacial score (nSPS) is 10.9. The molecule has 0 amide bonds. The van der Waals surface area contributed by atoms with Gasteiger partial charge in [0.05, 0.1) is 22.8 Å². The Morgan fingerprint density at radius 1 is 1.39 bits per heavy atom. The van der Waals surface area contributed by atoms with E-state index in [0.717, 1.165) is 0 Å². The van der Waals surface area contributed by atoms with E-state index in [4.69, 9.17) is 9.68 Å². The van der Waals surface area contributed by atoms with Crippen molar-refractivity contribution in [1.29, 1.82) is 5.26 Å². The molecule has 0 bridgehead atoms. The minimum absolute atomic E-state index is 0.0481. The number of nitro benzene ring substituents is 1. The van der Waals surface area contributed by atoms with Crippen LogP contribution < -0.4 is 0 Å². The molecule has 0 radical (unpaired) electrons. The highest BCUT2D eigenvalue weighted by Gasteiger charge is 2.09. The first-order chi connectivity index (χ1) is 8.70. The Bertz CT molecular complexity index is 637. The highest BCUT2D eigenvalue weighted by Crippen LogP contribution is 2.22. The zero-order valence-electron chi connectivity index (χ0n) is 9.24. The van der Waals surface area contributed by atoms with Gasteiger partial charge in [0.2, 0.25) is 0 Å². The van der Waals surface area contributed by atoms with Crippen molar-refractivity contribution in [3.05, 3.63) is 64.1 Å². The lowest BCUT2D eigenvalue weighted by Crippen LogP contribution is -1.89. The summed E-state index contributed by atoms with van der Waals surface area (Å²) in [6.45, 7) is 0. The SMILES string of the molecule is N#C/C(=C/c1ccco1)c1cccc([N+](=O)[O-])c1. The van der Waals surface area contributed by atoms with Crippen molar-refractivity contribution in [2.75, 3.05) is 0 Å². The molecule has 2 aromatic rings. The van der Waals surface area contributed by atoms with E-state index in [-0.39, 0.29) is 5.69 Å². The van der Waals surface area contributed by atoms with Crippen LogP contribution in [0.1, 0.15) is 11.3 Å². The third-order valence-corrected chi connectivity index (χ3v) is 2.32. The molecule has 0 fully saturated rings. The third-order valence-electron chi connectivity index (χ3n) is 2.32. The fourth-order valence-corrected chi connectivity index (χ4v) is 1.48. The second-order valence-corrected chi connectivity index (χ2v) is 3.49. The standard InChI is InChI=1S/C13H8N2O3/c14-9-11(8-13-5-2-6-18-13)10-3-1-4-12(7-10)15(16)17/h1-8H/b11-8-. The average Bonchev–Trinajstić information content (AvgIpc) is 2.89. The Kier molecular flexibility index (Phi) is 3.21. The van der Waals surface area contributed by atoms with E-state index in [9.17, 15) is 10.1 Å². The molecule has 0 atom stereocenters. The van der Waals surface area contributed by atoms with Gasteiger partial charge in [0.25, 0.3) is 5.69 Å². The largest absolute Gasteiger partial charge is 0.465 e. The van der Waals surface area contributed by atoms with Gasteiger partial charge in [-0.1, -0.05) is 12.1 Å². The summed E-state index contributed by atoms with van der Waals surface area (Å²) >= 11 is 0. The number of allylic oxidation sites excluding steroid dienone is 1. The smallest absolute Gasteiger partial charge is 0.270 e. The summed E-state index contributed by atoms with van der Waals surface area (Å²) in [7, 11) is 0. The maximum atomic E-state index is 10.7. The third kappa shape index (κ3) is 2.44. The van der Waals surface area contributed by atoms with Gasteiger partial charge in [-0.3, -0.25) is 10.1 Å². The lowest BCUT2D eigenvalue weighted by Gasteiger charge is -1.98. The van der Waals surface area contributed by atoms with Gasteiger partial charge in [-0.2, -0.15) is 5.26 Å². The van der Waals surface area contributed by atoms with Crippen molar-refractivity contribution < 1.29 is 9.34 Å². The van der Waals surface area contributed by atoms with Crippen LogP contribution in [0.5, 0.6) is 0 Å². The Labute approximate surface area is 103 Å². The molecule has 2 rings (SSSR count). The molecule has 0 unspecified atom stereocenters. The van der Waals surface area contributed by atoms with Crippen LogP contribution in [0.3, 0.4) is 0 Å². The molecular formula is C13H8N2O3. The van der Waals surface area contributed by atoms with Crippen LogP contribution >= 0.6 is 0 Å². The Hall–Kier alpha value is -2.87. The van der Waals surface area contributed by atoms with E-state index in [1.807, 2.05) is 6.07 Å². The summed E-state index contributed by atoms with van der Waals surface area (Å²) in [5.41, 5.74) is 0.754. The van der Waals surface area contributed by atoms with E-state index in [2.05, 4.69) is 0 Å². The molecule has 0 N–H and O–H groups in total. The lowest BCUT2D eigenvalue weighted by atomic mass is 10.1. The summed E-state index contributed by atoms with van der Waals surface area (Å²) in [5, 5.41) is 19.7. The van der Waals surface area contributed by atoms with Gasteiger partial charge in [0.15, 0.2) is 0 Å². The van der Waals surface area contributed by atoms with E-state index < -0.39 is 4.92 Å². The molecule has 5 nitrogen and oxygen atoms in total. The molecule has 0 spiro atoms. The first-order valence-corrected chi connectivity index (χ1v) is 5.11. The lowest BCUT2D eigenvalue weighted by molar-refractivity contribution is -0.384. The van der Waals surface area contributed by atoms with E-state index >= 15 is 0 Å². The van der Waals surface area contributed by atoms with Gasteiger partial charge < -0.3 is 4.42 Å². The number of nitro groups is 1. The van der Waals surface area contributed by atoms with Crippen molar-refractivity contribution >= 4 is 17.3 Å². The Morgan fingerprint density at radius 3 is 2.83 bits per heavy atom. The first-order valence-electron chi connectivity index (χ1n) is 5.11. The van der Waals surface area contributed by atoms with E-state index in [1.165, 1.54) is 18.4 Å².